The van der Waals surface area contributed by atoms with Crippen LogP contribution in [0.4, 0.5) is 13.6 Å². The van der Waals surface area contributed by atoms with Gasteiger partial charge in [0.15, 0.2) is 0 Å². The Morgan fingerprint density at radius 3 is 2.23 bits per heavy atom. The van der Waals surface area contributed by atoms with E-state index in [0.717, 1.165) is 22.3 Å². The average molecular weight is 488 g/mol. The second kappa shape index (κ2) is 9.61. The Kier molecular flexibility index (Phi) is 6.75. The Balaban J connectivity index is 1.47. The number of benzene rings is 2. The largest absolute Gasteiger partial charge is 0.480 e. The summed E-state index contributed by atoms with van der Waals surface area (Å²) in [5.74, 6) is -6.07. The number of carboxylic acids is 1. The fraction of sp³-hybridized carbons (Fsp3) is 0.400. The molecule has 0 unspecified atom stereocenters. The molecule has 2 N–H and O–H groups in total. The van der Waals surface area contributed by atoms with Crippen LogP contribution in [0.2, 0.25) is 0 Å². The second-order valence-corrected chi connectivity index (χ2v) is 8.77. The lowest BCUT2D eigenvalue weighted by atomic mass is 9.98. The minimum absolute atomic E-state index is 0.0122. The van der Waals surface area contributed by atoms with E-state index in [2.05, 4.69) is 5.32 Å². The van der Waals surface area contributed by atoms with Crippen molar-refractivity contribution in [2.45, 2.75) is 43.4 Å². The quantitative estimate of drug-likeness (QED) is 0.620. The topological polar surface area (TPSA) is 105 Å². The summed E-state index contributed by atoms with van der Waals surface area (Å²) in [5, 5.41) is 11.7. The Bertz CT molecular complexity index is 1090. The van der Waals surface area contributed by atoms with Gasteiger partial charge in [-0.25, -0.2) is 18.4 Å². The van der Waals surface area contributed by atoms with Crippen LogP contribution in [0.25, 0.3) is 11.1 Å². The molecule has 1 aliphatic carbocycles. The molecule has 0 radical (unpaired) electrons. The van der Waals surface area contributed by atoms with E-state index < -0.39 is 55.0 Å². The number of carbonyl (C=O) groups excluding carboxylic acids is 2. The molecule has 10 heteroatoms. The average Bonchev–Trinajstić information content (AvgIpc) is 3.34. The number of carbonyl (C=O) groups is 3. The number of fused-ring (bicyclic) bond motifs is 3. The Morgan fingerprint density at radius 2 is 1.69 bits per heavy atom. The summed E-state index contributed by atoms with van der Waals surface area (Å²) in [6, 6.07) is 12.5. The minimum Gasteiger partial charge on any atom is -0.480 e. The summed E-state index contributed by atoms with van der Waals surface area (Å²) >= 11 is 0. The number of methoxy groups -OCH3 is 1. The molecule has 2 aromatic carbocycles. The first-order valence-electron chi connectivity index (χ1n) is 11.2. The van der Waals surface area contributed by atoms with Crippen LogP contribution in [-0.2, 0) is 19.1 Å². The maximum Gasteiger partial charge on any atom is 0.407 e. The highest BCUT2D eigenvalue weighted by molar-refractivity contribution is 5.90. The van der Waals surface area contributed by atoms with E-state index in [1.54, 1.807) is 0 Å². The first-order valence-corrected chi connectivity index (χ1v) is 11.2. The number of likely N-dealkylation sites (tertiary alicyclic amines) is 1. The van der Waals surface area contributed by atoms with Crippen LogP contribution in [0, 0.1) is 0 Å². The van der Waals surface area contributed by atoms with Gasteiger partial charge in [0, 0.05) is 19.4 Å². The van der Waals surface area contributed by atoms with Gasteiger partial charge in [0.05, 0.1) is 12.6 Å². The zero-order chi connectivity index (χ0) is 25.3. The maximum absolute atomic E-state index is 13.9. The number of aliphatic carboxylic acids is 1. The molecule has 0 spiro atoms. The standard InChI is InChI=1S/C25H26F2N2O6/c1-14(34-2)21(22(30)29-13-25(26,27)11-20(29)23(31)32)28-24(33)35-12-19-17-9-5-3-7-15(17)16-8-4-6-10-18(16)19/h3-10,14,19-21H,11-13H2,1-2H3,(H,28,33)(H,31,32)/t14-,20+,21+/m1/s1. The number of rotatable bonds is 7. The van der Waals surface area contributed by atoms with E-state index in [9.17, 15) is 28.3 Å². The number of alkyl carbamates (subject to hydrolysis) is 1. The third-order valence-electron chi connectivity index (χ3n) is 6.56. The van der Waals surface area contributed by atoms with Crippen LogP contribution < -0.4 is 5.32 Å². The zero-order valence-electron chi connectivity index (χ0n) is 19.2. The number of ether oxygens (including phenoxy) is 2. The van der Waals surface area contributed by atoms with Crippen LogP contribution in [0.15, 0.2) is 48.5 Å². The molecule has 1 saturated heterocycles. The number of halogens is 2. The van der Waals surface area contributed by atoms with Gasteiger partial charge in [-0.1, -0.05) is 48.5 Å². The lowest BCUT2D eigenvalue weighted by molar-refractivity contribution is -0.150. The van der Waals surface area contributed by atoms with Gasteiger partial charge in [0.25, 0.3) is 5.92 Å². The lowest BCUT2D eigenvalue weighted by Crippen LogP contribution is -2.56. The molecular formula is C25H26F2N2O6. The first-order chi connectivity index (χ1) is 16.6. The lowest BCUT2D eigenvalue weighted by Gasteiger charge is -2.29. The van der Waals surface area contributed by atoms with Crippen LogP contribution in [0.5, 0.6) is 0 Å². The molecule has 0 saturated carbocycles. The number of nitrogens with one attached hydrogen (secondary N) is 1. The molecule has 35 heavy (non-hydrogen) atoms. The molecule has 1 fully saturated rings. The van der Waals surface area contributed by atoms with Gasteiger partial charge >= 0.3 is 12.1 Å². The summed E-state index contributed by atoms with van der Waals surface area (Å²) in [6.07, 6.45) is -2.86. The fourth-order valence-corrected chi connectivity index (χ4v) is 4.73. The maximum atomic E-state index is 13.9. The molecule has 2 aromatic rings. The summed E-state index contributed by atoms with van der Waals surface area (Å²) in [7, 11) is 1.29. The number of carboxylic acid groups (broad SMARTS) is 1. The van der Waals surface area contributed by atoms with Gasteiger partial charge < -0.3 is 24.8 Å². The normalized spacial score (nSPS) is 20.0. The van der Waals surface area contributed by atoms with Crippen molar-refractivity contribution in [3.63, 3.8) is 0 Å². The number of nitrogens with zero attached hydrogens (tertiary/aromatic N) is 1. The summed E-state index contributed by atoms with van der Waals surface area (Å²) in [5.41, 5.74) is 4.10. The van der Waals surface area contributed by atoms with E-state index >= 15 is 0 Å². The molecule has 2 amide bonds. The van der Waals surface area contributed by atoms with Crippen molar-refractivity contribution in [1.82, 2.24) is 10.2 Å². The number of hydrogen-bond donors (Lipinski definition) is 2. The van der Waals surface area contributed by atoms with Crippen LogP contribution in [0.1, 0.15) is 30.4 Å². The number of amides is 2. The van der Waals surface area contributed by atoms with E-state index in [1.165, 1.54) is 14.0 Å². The third-order valence-corrected chi connectivity index (χ3v) is 6.56. The Hall–Kier alpha value is -3.53. The first kappa shape index (κ1) is 24.6. The van der Waals surface area contributed by atoms with E-state index in [0.29, 0.717) is 4.90 Å². The molecular weight excluding hydrogens is 462 g/mol. The molecule has 4 rings (SSSR count). The summed E-state index contributed by atoms with van der Waals surface area (Å²) in [6.45, 7) is 0.403. The highest BCUT2D eigenvalue weighted by Crippen LogP contribution is 2.44. The van der Waals surface area contributed by atoms with Gasteiger partial charge in [-0.2, -0.15) is 0 Å². The van der Waals surface area contributed by atoms with E-state index in [4.69, 9.17) is 9.47 Å². The molecule has 0 aromatic heterocycles. The predicted octanol–water partition coefficient (Wildman–Crippen LogP) is 3.25. The zero-order valence-corrected chi connectivity index (χ0v) is 19.2. The van der Waals surface area contributed by atoms with E-state index in [1.807, 2.05) is 48.5 Å². The predicted molar refractivity (Wildman–Crippen MR) is 121 cm³/mol. The number of alkyl halides is 2. The van der Waals surface area contributed by atoms with E-state index in [-0.39, 0.29) is 12.5 Å². The van der Waals surface area contributed by atoms with Gasteiger partial charge in [-0.15, -0.1) is 0 Å². The van der Waals surface area contributed by atoms with Crippen molar-refractivity contribution >= 4 is 18.0 Å². The molecule has 0 bridgehead atoms. The van der Waals surface area contributed by atoms with Crippen molar-refractivity contribution in [1.29, 1.82) is 0 Å². The van der Waals surface area contributed by atoms with Crippen molar-refractivity contribution in [3.8, 4) is 11.1 Å². The Labute approximate surface area is 200 Å². The summed E-state index contributed by atoms with van der Waals surface area (Å²) < 4.78 is 38.4. The Morgan fingerprint density at radius 1 is 1.11 bits per heavy atom. The third kappa shape index (κ3) is 4.84. The van der Waals surface area contributed by atoms with Crippen LogP contribution in [-0.4, -0.2) is 72.3 Å². The monoisotopic (exact) mass is 488 g/mol. The van der Waals surface area contributed by atoms with Crippen molar-refractivity contribution in [2.24, 2.45) is 0 Å². The molecule has 8 nitrogen and oxygen atoms in total. The molecule has 3 atom stereocenters. The molecule has 186 valence electrons. The summed E-state index contributed by atoms with van der Waals surface area (Å²) in [4.78, 5) is 37.8. The SMILES string of the molecule is CO[C@H](C)[C@H](NC(=O)OCC1c2ccccc2-c2ccccc21)C(=O)N1CC(F)(F)C[C@H]1C(=O)O. The minimum atomic E-state index is -3.34. The van der Waals surface area contributed by atoms with Crippen molar-refractivity contribution in [2.75, 3.05) is 20.3 Å². The van der Waals surface area contributed by atoms with Crippen molar-refractivity contribution in [3.05, 3.63) is 59.7 Å². The fourth-order valence-electron chi connectivity index (χ4n) is 4.73. The van der Waals surface area contributed by atoms with Gasteiger partial charge in [0.1, 0.15) is 18.7 Å². The van der Waals surface area contributed by atoms with Crippen molar-refractivity contribution < 1.29 is 37.7 Å². The molecule has 1 heterocycles. The molecule has 1 aliphatic heterocycles. The molecule has 2 aliphatic rings. The van der Waals surface area contributed by atoms with Crippen LogP contribution in [0.3, 0.4) is 0 Å². The van der Waals surface area contributed by atoms with Gasteiger partial charge in [0.2, 0.25) is 5.91 Å². The van der Waals surface area contributed by atoms with Gasteiger partial charge in [-0.05, 0) is 29.2 Å². The number of hydrogen-bond acceptors (Lipinski definition) is 5. The van der Waals surface area contributed by atoms with Gasteiger partial charge in [-0.3, -0.25) is 4.79 Å². The van der Waals surface area contributed by atoms with Crippen LogP contribution >= 0.6 is 0 Å². The second-order valence-electron chi connectivity index (χ2n) is 8.77. The smallest absolute Gasteiger partial charge is 0.407 e. The highest BCUT2D eigenvalue weighted by Gasteiger charge is 2.52. The highest BCUT2D eigenvalue weighted by atomic mass is 19.3.